The van der Waals surface area contributed by atoms with E-state index in [1.54, 1.807) is 7.11 Å². The quantitative estimate of drug-likeness (QED) is 0.697. The third kappa shape index (κ3) is 1.65. The zero-order valence-electron chi connectivity index (χ0n) is 7.66. The molecular weight excluding hydrogens is 166 g/mol. The second kappa shape index (κ2) is 3.34. The number of fused-ring (bicyclic) bond motifs is 1. The summed E-state index contributed by atoms with van der Waals surface area (Å²) in [5.41, 5.74) is 2.23. The first kappa shape index (κ1) is 8.51. The Hall–Kier alpha value is -1.09. The standard InChI is InChI=1S/C10H13NO2/c1-13-10-5-3-7-2-4-8(12)6-9(7)11-10/h3,5,8,12H,2,4,6H2,1H3. The van der Waals surface area contributed by atoms with Gasteiger partial charge in [0.2, 0.25) is 5.88 Å². The van der Waals surface area contributed by atoms with Crippen LogP contribution in [-0.2, 0) is 12.8 Å². The molecule has 0 radical (unpaired) electrons. The molecule has 1 N–H and O–H groups in total. The SMILES string of the molecule is COc1ccc2c(n1)CC(O)CC2. The van der Waals surface area contributed by atoms with E-state index in [9.17, 15) is 5.11 Å². The number of aromatic nitrogens is 1. The molecule has 13 heavy (non-hydrogen) atoms. The van der Waals surface area contributed by atoms with Gasteiger partial charge in [-0.25, -0.2) is 4.98 Å². The first-order chi connectivity index (χ1) is 6.29. The van der Waals surface area contributed by atoms with Gasteiger partial charge in [-0.1, -0.05) is 6.07 Å². The monoisotopic (exact) mass is 179 g/mol. The van der Waals surface area contributed by atoms with E-state index in [-0.39, 0.29) is 6.10 Å². The molecule has 0 saturated heterocycles. The number of methoxy groups -OCH3 is 1. The van der Waals surface area contributed by atoms with E-state index in [1.165, 1.54) is 5.56 Å². The number of nitrogens with zero attached hydrogens (tertiary/aromatic N) is 1. The van der Waals surface area contributed by atoms with Crippen LogP contribution in [0.25, 0.3) is 0 Å². The maximum Gasteiger partial charge on any atom is 0.213 e. The van der Waals surface area contributed by atoms with Crippen molar-refractivity contribution in [1.29, 1.82) is 0 Å². The molecule has 1 unspecified atom stereocenters. The highest BCUT2D eigenvalue weighted by Gasteiger charge is 2.17. The predicted molar refractivity (Wildman–Crippen MR) is 48.8 cm³/mol. The van der Waals surface area contributed by atoms with Gasteiger partial charge in [0.1, 0.15) is 0 Å². The molecule has 0 amide bonds. The lowest BCUT2D eigenvalue weighted by atomic mass is 9.94. The fraction of sp³-hybridized carbons (Fsp3) is 0.500. The van der Waals surface area contributed by atoms with Gasteiger partial charge in [-0.15, -0.1) is 0 Å². The second-order valence-corrected chi connectivity index (χ2v) is 3.36. The summed E-state index contributed by atoms with van der Waals surface area (Å²) in [6.07, 6.45) is 2.20. The van der Waals surface area contributed by atoms with Crippen molar-refractivity contribution in [3.05, 3.63) is 23.4 Å². The molecule has 70 valence electrons. The Morgan fingerprint density at radius 3 is 3.15 bits per heavy atom. The Morgan fingerprint density at radius 1 is 1.54 bits per heavy atom. The molecule has 0 aliphatic heterocycles. The van der Waals surface area contributed by atoms with Gasteiger partial charge < -0.3 is 9.84 Å². The van der Waals surface area contributed by atoms with Crippen molar-refractivity contribution in [2.45, 2.75) is 25.4 Å². The minimum Gasteiger partial charge on any atom is -0.481 e. The van der Waals surface area contributed by atoms with Gasteiger partial charge in [-0.3, -0.25) is 0 Å². The molecule has 0 fully saturated rings. The minimum atomic E-state index is -0.230. The fourth-order valence-corrected chi connectivity index (χ4v) is 1.68. The van der Waals surface area contributed by atoms with Gasteiger partial charge in [-0.2, -0.15) is 0 Å². The Morgan fingerprint density at radius 2 is 2.38 bits per heavy atom. The van der Waals surface area contributed by atoms with Crippen LogP contribution in [-0.4, -0.2) is 23.3 Å². The number of rotatable bonds is 1. The summed E-state index contributed by atoms with van der Waals surface area (Å²) in [6, 6.07) is 3.91. The number of aryl methyl sites for hydroxylation is 1. The van der Waals surface area contributed by atoms with Crippen LogP contribution in [0.4, 0.5) is 0 Å². The van der Waals surface area contributed by atoms with Crippen LogP contribution in [0.15, 0.2) is 12.1 Å². The van der Waals surface area contributed by atoms with Crippen molar-refractivity contribution < 1.29 is 9.84 Å². The average Bonchev–Trinajstić information content (AvgIpc) is 2.16. The van der Waals surface area contributed by atoms with Gasteiger partial charge in [0, 0.05) is 12.5 Å². The van der Waals surface area contributed by atoms with Crippen molar-refractivity contribution in [3.8, 4) is 5.88 Å². The Bertz CT molecular complexity index is 312. The normalized spacial score (nSPS) is 20.9. The van der Waals surface area contributed by atoms with Crippen LogP contribution in [0.5, 0.6) is 5.88 Å². The maximum atomic E-state index is 9.44. The highest BCUT2D eigenvalue weighted by Crippen LogP contribution is 2.21. The summed E-state index contributed by atoms with van der Waals surface area (Å²) < 4.78 is 5.02. The van der Waals surface area contributed by atoms with Crippen LogP contribution in [0.2, 0.25) is 0 Å². The van der Waals surface area contributed by atoms with E-state index in [0.717, 1.165) is 18.5 Å². The zero-order valence-corrected chi connectivity index (χ0v) is 7.66. The van der Waals surface area contributed by atoms with E-state index in [0.29, 0.717) is 12.3 Å². The Kier molecular flexibility index (Phi) is 2.19. The summed E-state index contributed by atoms with van der Waals surface area (Å²) in [5.74, 6) is 0.632. The van der Waals surface area contributed by atoms with Crippen molar-refractivity contribution in [2.24, 2.45) is 0 Å². The average molecular weight is 179 g/mol. The third-order valence-electron chi connectivity index (χ3n) is 2.43. The maximum absolute atomic E-state index is 9.44. The molecule has 3 nitrogen and oxygen atoms in total. The molecule has 1 aliphatic rings. The smallest absolute Gasteiger partial charge is 0.213 e. The molecule has 2 rings (SSSR count). The summed E-state index contributed by atoms with van der Waals surface area (Å²) in [6.45, 7) is 0. The molecule has 0 bridgehead atoms. The molecule has 1 atom stereocenters. The molecule has 1 aromatic rings. The number of pyridine rings is 1. The Labute approximate surface area is 77.4 Å². The van der Waals surface area contributed by atoms with E-state index in [4.69, 9.17) is 4.74 Å². The molecule has 0 spiro atoms. The van der Waals surface area contributed by atoms with Crippen LogP contribution >= 0.6 is 0 Å². The number of hydrogen-bond acceptors (Lipinski definition) is 3. The van der Waals surface area contributed by atoms with Crippen LogP contribution in [0.1, 0.15) is 17.7 Å². The summed E-state index contributed by atoms with van der Waals surface area (Å²) in [7, 11) is 1.61. The summed E-state index contributed by atoms with van der Waals surface area (Å²) in [4.78, 5) is 4.30. The minimum absolute atomic E-state index is 0.230. The largest absolute Gasteiger partial charge is 0.481 e. The highest BCUT2D eigenvalue weighted by atomic mass is 16.5. The summed E-state index contributed by atoms with van der Waals surface area (Å²) in [5, 5.41) is 9.44. The van der Waals surface area contributed by atoms with Crippen LogP contribution in [0, 0.1) is 0 Å². The van der Waals surface area contributed by atoms with E-state index in [2.05, 4.69) is 4.98 Å². The molecule has 1 heterocycles. The molecule has 3 heteroatoms. The lowest BCUT2D eigenvalue weighted by Crippen LogP contribution is -2.19. The number of aliphatic hydroxyl groups excluding tert-OH is 1. The third-order valence-corrected chi connectivity index (χ3v) is 2.43. The lowest BCUT2D eigenvalue weighted by molar-refractivity contribution is 0.156. The van der Waals surface area contributed by atoms with Crippen molar-refractivity contribution in [3.63, 3.8) is 0 Å². The van der Waals surface area contributed by atoms with Gasteiger partial charge in [-0.05, 0) is 18.4 Å². The van der Waals surface area contributed by atoms with Gasteiger partial charge in [0.05, 0.1) is 18.9 Å². The van der Waals surface area contributed by atoms with Crippen LogP contribution < -0.4 is 4.74 Å². The Balaban J connectivity index is 2.32. The molecule has 1 aliphatic carbocycles. The zero-order chi connectivity index (χ0) is 9.26. The fourth-order valence-electron chi connectivity index (χ4n) is 1.68. The number of hydrogen-bond donors (Lipinski definition) is 1. The predicted octanol–water partition coefficient (Wildman–Crippen LogP) is 0.940. The first-order valence-corrected chi connectivity index (χ1v) is 4.50. The first-order valence-electron chi connectivity index (χ1n) is 4.50. The summed E-state index contributed by atoms with van der Waals surface area (Å²) >= 11 is 0. The molecule has 0 aromatic carbocycles. The van der Waals surface area contributed by atoms with E-state index < -0.39 is 0 Å². The van der Waals surface area contributed by atoms with Crippen molar-refractivity contribution >= 4 is 0 Å². The van der Waals surface area contributed by atoms with Gasteiger partial charge in [0.15, 0.2) is 0 Å². The van der Waals surface area contributed by atoms with E-state index >= 15 is 0 Å². The topological polar surface area (TPSA) is 42.4 Å². The molecular formula is C10H13NO2. The second-order valence-electron chi connectivity index (χ2n) is 3.36. The van der Waals surface area contributed by atoms with Crippen molar-refractivity contribution in [1.82, 2.24) is 4.98 Å². The van der Waals surface area contributed by atoms with Crippen LogP contribution in [0.3, 0.4) is 0 Å². The van der Waals surface area contributed by atoms with Crippen molar-refractivity contribution in [2.75, 3.05) is 7.11 Å². The molecule has 1 aromatic heterocycles. The van der Waals surface area contributed by atoms with Gasteiger partial charge >= 0.3 is 0 Å². The number of aliphatic hydroxyl groups is 1. The number of ether oxygens (including phenoxy) is 1. The molecule has 0 saturated carbocycles. The van der Waals surface area contributed by atoms with E-state index in [1.807, 2.05) is 12.1 Å². The lowest BCUT2D eigenvalue weighted by Gasteiger charge is -2.19. The van der Waals surface area contributed by atoms with Gasteiger partial charge in [0.25, 0.3) is 0 Å². The highest BCUT2D eigenvalue weighted by molar-refractivity contribution is 5.28.